The van der Waals surface area contributed by atoms with Crippen molar-refractivity contribution < 1.29 is 4.74 Å². The van der Waals surface area contributed by atoms with Crippen LogP contribution in [0, 0.1) is 6.92 Å². The Balaban J connectivity index is 2.45. The lowest BCUT2D eigenvalue weighted by molar-refractivity contribution is 0.157. The van der Waals surface area contributed by atoms with Crippen LogP contribution in [0.25, 0.3) is 6.08 Å². The van der Waals surface area contributed by atoms with E-state index in [0.29, 0.717) is 0 Å². The van der Waals surface area contributed by atoms with E-state index < -0.39 is 0 Å². The summed E-state index contributed by atoms with van der Waals surface area (Å²) >= 11 is 0. The molecule has 18 heavy (non-hydrogen) atoms. The molecule has 1 heterocycles. The molecule has 1 aromatic carbocycles. The first-order valence-corrected chi connectivity index (χ1v) is 6.52. The third kappa shape index (κ3) is 2.84. The molecule has 2 rings (SSSR count). The van der Waals surface area contributed by atoms with E-state index in [1.165, 1.54) is 22.3 Å². The Bertz CT molecular complexity index is 515. The Morgan fingerprint density at radius 2 is 2.00 bits per heavy atom. The number of aryl methyl sites for hydroxylation is 1. The first-order chi connectivity index (χ1) is 8.37. The van der Waals surface area contributed by atoms with Crippen LogP contribution in [0.1, 0.15) is 44.4 Å². The molecule has 0 saturated heterocycles. The fourth-order valence-electron chi connectivity index (χ4n) is 2.18. The molecule has 0 fully saturated rings. The van der Waals surface area contributed by atoms with E-state index in [1.54, 1.807) is 0 Å². The van der Waals surface area contributed by atoms with Crippen LogP contribution in [0.3, 0.4) is 0 Å². The number of hydrogen-bond acceptors (Lipinski definition) is 1. The Labute approximate surface area is 110 Å². The highest BCUT2D eigenvalue weighted by Crippen LogP contribution is 2.35. The third-order valence-corrected chi connectivity index (χ3v) is 3.10. The van der Waals surface area contributed by atoms with Gasteiger partial charge in [0, 0.05) is 5.56 Å². The minimum absolute atomic E-state index is 0.206. The standard InChI is InChI=1S/C17H22O/c1-12(2)6-7-14-10-13(3)11-15-8-9-17(4,5)18-16(14)15/h6,8-11H,7H2,1-5H3. The van der Waals surface area contributed by atoms with Crippen LogP contribution in [0.15, 0.2) is 29.9 Å². The van der Waals surface area contributed by atoms with Crippen LogP contribution in [0.5, 0.6) is 5.75 Å². The lowest BCUT2D eigenvalue weighted by atomic mass is 9.96. The highest BCUT2D eigenvalue weighted by Gasteiger charge is 2.23. The Morgan fingerprint density at radius 3 is 2.67 bits per heavy atom. The minimum Gasteiger partial charge on any atom is -0.483 e. The van der Waals surface area contributed by atoms with Crippen LogP contribution in [-0.2, 0) is 6.42 Å². The summed E-state index contributed by atoms with van der Waals surface area (Å²) in [6.45, 7) is 10.6. The molecule has 0 bridgehead atoms. The van der Waals surface area contributed by atoms with E-state index in [2.05, 4.69) is 65.0 Å². The SMILES string of the molecule is CC(C)=CCc1cc(C)cc2c1OC(C)(C)C=C2. The van der Waals surface area contributed by atoms with Crippen molar-refractivity contribution in [2.24, 2.45) is 0 Å². The van der Waals surface area contributed by atoms with E-state index in [0.717, 1.165) is 12.2 Å². The molecule has 0 amide bonds. The number of rotatable bonds is 2. The number of benzene rings is 1. The molecule has 0 spiro atoms. The molecule has 1 heteroatoms. The van der Waals surface area contributed by atoms with Gasteiger partial charge in [-0.2, -0.15) is 0 Å². The van der Waals surface area contributed by atoms with Gasteiger partial charge in [-0.25, -0.2) is 0 Å². The molecule has 0 saturated carbocycles. The van der Waals surface area contributed by atoms with Crippen molar-refractivity contribution in [3.63, 3.8) is 0 Å². The monoisotopic (exact) mass is 242 g/mol. The van der Waals surface area contributed by atoms with Crippen molar-refractivity contribution in [2.45, 2.75) is 46.6 Å². The van der Waals surface area contributed by atoms with Gasteiger partial charge in [0.1, 0.15) is 11.4 Å². The quantitative estimate of drug-likeness (QED) is 0.684. The molecular formula is C17H22O. The summed E-state index contributed by atoms with van der Waals surface area (Å²) in [6, 6.07) is 4.42. The number of allylic oxidation sites excluding steroid dienone is 2. The van der Waals surface area contributed by atoms with Gasteiger partial charge in [-0.3, -0.25) is 0 Å². The molecule has 0 unspecified atom stereocenters. The van der Waals surface area contributed by atoms with Crippen LogP contribution in [-0.4, -0.2) is 5.60 Å². The third-order valence-electron chi connectivity index (χ3n) is 3.10. The molecule has 1 aliphatic rings. The molecule has 1 aliphatic heterocycles. The molecule has 0 N–H and O–H groups in total. The van der Waals surface area contributed by atoms with Gasteiger partial charge in [-0.1, -0.05) is 23.8 Å². The van der Waals surface area contributed by atoms with Crippen LogP contribution < -0.4 is 4.74 Å². The molecule has 1 aromatic rings. The highest BCUT2D eigenvalue weighted by molar-refractivity contribution is 5.64. The predicted octanol–water partition coefficient (Wildman–Crippen LogP) is 4.69. The number of ether oxygens (including phenoxy) is 1. The zero-order valence-corrected chi connectivity index (χ0v) is 12.0. The first-order valence-electron chi connectivity index (χ1n) is 6.52. The largest absolute Gasteiger partial charge is 0.483 e. The number of fused-ring (bicyclic) bond motifs is 1. The summed E-state index contributed by atoms with van der Waals surface area (Å²) in [6.07, 6.45) is 7.50. The Kier molecular flexibility index (Phi) is 3.34. The van der Waals surface area contributed by atoms with Gasteiger partial charge in [-0.15, -0.1) is 0 Å². The van der Waals surface area contributed by atoms with E-state index in [-0.39, 0.29) is 5.60 Å². The topological polar surface area (TPSA) is 9.23 Å². The van der Waals surface area contributed by atoms with Crippen molar-refractivity contribution in [3.05, 3.63) is 46.5 Å². The summed E-state index contributed by atoms with van der Waals surface area (Å²) < 4.78 is 6.12. The molecule has 1 nitrogen and oxygen atoms in total. The normalized spacial score (nSPS) is 15.8. The van der Waals surface area contributed by atoms with Crippen molar-refractivity contribution >= 4 is 6.08 Å². The number of hydrogen-bond donors (Lipinski definition) is 0. The average molecular weight is 242 g/mol. The maximum atomic E-state index is 6.12. The summed E-state index contributed by atoms with van der Waals surface area (Å²) in [4.78, 5) is 0. The minimum atomic E-state index is -0.206. The second kappa shape index (κ2) is 4.64. The molecule has 96 valence electrons. The second-order valence-corrected chi connectivity index (χ2v) is 5.87. The Hall–Kier alpha value is -1.50. The van der Waals surface area contributed by atoms with Crippen molar-refractivity contribution in [1.29, 1.82) is 0 Å². The Morgan fingerprint density at radius 1 is 1.28 bits per heavy atom. The highest BCUT2D eigenvalue weighted by atomic mass is 16.5. The molecule has 0 atom stereocenters. The van der Waals surface area contributed by atoms with E-state index >= 15 is 0 Å². The van der Waals surface area contributed by atoms with E-state index in [9.17, 15) is 0 Å². The van der Waals surface area contributed by atoms with Crippen LogP contribution >= 0.6 is 0 Å². The zero-order chi connectivity index (χ0) is 13.3. The van der Waals surface area contributed by atoms with Gasteiger partial charge in [0.05, 0.1) is 0 Å². The molecular weight excluding hydrogens is 220 g/mol. The van der Waals surface area contributed by atoms with Crippen LogP contribution in [0.4, 0.5) is 0 Å². The van der Waals surface area contributed by atoms with Gasteiger partial charge in [-0.05, 0) is 64.3 Å². The van der Waals surface area contributed by atoms with Gasteiger partial charge in [0.25, 0.3) is 0 Å². The summed E-state index contributed by atoms with van der Waals surface area (Å²) in [7, 11) is 0. The van der Waals surface area contributed by atoms with E-state index in [4.69, 9.17) is 4.74 Å². The fourth-order valence-corrected chi connectivity index (χ4v) is 2.18. The summed E-state index contributed by atoms with van der Waals surface area (Å²) in [5.74, 6) is 1.05. The molecule has 0 radical (unpaired) electrons. The predicted molar refractivity (Wildman–Crippen MR) is 78.1 cm³/mol. The lowest BCUT2D eigenvalue weighted by Gasteiger charge is -2.29. The van der Waals surface area contributed by atoms with Crippen molar-refractivity contribution in [3.8, 4) is 5.75 Å². The van der Waals surface area contributed by atoms with Gasteiger partial charge >= 0.3 is 0 Å². The average Bonchev–Trinajstić information content (AvgIpc) is 2.26. The van der Waals surface area contributed by atoms with Gasteiger partial charge in [0.2, 0.25) is 0 Å². The molecule has 0 aliphatic carbocycles. The van der Waals surface area contributed by atoms with Crippen LogP contribution in [0.2, 0.25) is 0 Å². The smallest absolute Gasteiger partial charge is 0.131 e. The van der Waals surface area contributed by atoms with Crippen molar-refractivity contribution in [1.82, 2.24) is 0 Å². The zero-order valence-electron chi connectivity index (χ0n) is 12.0. The second-order valence-electron chi connectivity index (χ2n) is 5.87. The maximum Gasteiger partial charge on any atom is 0.131 e. The fraction of sp³-hybridized carbons (Fsp3) is 0.412. The van der Waals surface area contributed by atoms with Crippen molar-refractivity contribution in [2.75, 3.05) is 0 Å². The van der Waals surface area contributed by atoms with Gasteiger partial charge in [0.15, 0.2) is 0 Å². The van der Waals surface area contributed by atoms with Gasteiger partial charge < -0.3 is 4.74 Å². The summed E-state index contributed by atoms with van der Waals surface area (Å²) in [5.41, 5.74) is 4.91. The first kappa shape index (κ1) is 12.9. The van der Waals surface area contributed by atoms with E-state index in [1.807, 2.05) is 0 Å². The maximum absolute atomic E-state index is 6.12. The lowest BCUT2D eigenvalue weighted by Crippen LogP contribution is -2.28. The summed E-state index contributed by atoms with van der Waals surface area (Å²) in [5, 5.41) is 0. The molecule has 0 aromatic heterocycles.